The molecule has 28 heavy (non-hydrogen) atoms. The Hall–Kier alpha value is -3.53. The molecule has 3 aromatic carbocycles. The topological polar surface area (TPSA) is 71.4 Å². The van der Waals surface area contributed by atoms with Crippen LogP contribution in [0, 0.1) is 5.92 Å². The first kappa shape index (κ1) is 19.2. The van der Waals surface area contributed by atoms with Crippen molar-refractivity contribution < 1.29 is 19.5 Å². The van der Waals surface area contributed by atoms with Crippen LogP contribution in [0.3, 0.4) is 0 Å². The molecular weight excluding hydrogens is 352 g/mol. The summed E-state index contributed by atoms with van der Waals surface area (Å²) in [5, 5.41) is 9.89. The second kappa shape index (κ2) is 8.91. The standard InChI is InChI=1S/C24H20O4/c25-21(17-10-4-1-5-11-17)16-20(24(27)28)22(18-12-6-2-7-13-18)23(26)19-14-8-3-9-15-19/h1-15,20,22H,16H2,(H,27,28). The number of carbonyl (C=O) groups excluding carboxylic acids is 2. The smallest absolute Gasteiger partial charge is 0.308 e. The maximum Gasteiger partial charge on any atom is 0.308 e. The Bertz CT molecular complexity index is 950. The quantitative estimate of drug-likeness (QED) is 0.585. The van der Waals surface area contributed by atoms with E-state index in [1.165, 1.54) is 0 Å². The molecule has 2 atom stereocenters. The summed E-state index contributed by atoms with van der Waals surface area (Å²) in [5.41, 5.74) is 1.45. The van der Waals surface area contributed by atoms with Crippen molar-refractivity contribution in [3.63, 3.8) is 0 Å². The number of aliphatic carboxylic acids is 1. The van der Waals surface area contributed by atoms with Crippen molar-refractivity contribution in [3.8, 4) is 0 Å². The minimum Gasteiger partial charge on any atom is -0.481 e. The third kappa shape index (κ3) is 4.41. The molecule has 2 unspecified atom stereocenters. The highest BCUT2D eigenvalue weighted by atomic mass is 16.4. The molecule has 0 aliphatic rings. The lowest BCUT2D eigenvalue weighted by Gasteiger charge is -2.23. The van der Waals surface area contributed by atoms with E-state index in [1.807, 2.05) is 0 Å². The van der Waals surface area contributed by atoms with Crippen LogP contribution in [-0.4, -0.2) is 22.6 Å². The zero-order valence-electron chi connectivity index (χ0n) is 15.2. The number of hydrogen-bond acceptors (Lipinski definition) is 3. The summed E-state index contributed by atoms with van der Waals surface area (Å²) >= 11 is 0. The fraction of sp³-hybridized carbons (Fsp3) is 0.125. The van der Waals surface area contributed by atoms with Crippen LogP contribution in [0.1, 0.15) is 38.6 Å². The molecule has 0 saturated heterocycles. The van der Waals surface area contributed by atoms with Crippen LogP contribution in [0.5, 0.6) is 0 Å². The Labute approximate surface area is 163 Å². The molecule has 0 heterocycles. The molecule has 0 saturated carbocycles. The summed E-state index contributed by atoms with van der Waals surface area (Å²) in [6, 6.07) is 25.9. The number of carboxylic acid groups (broad SMARTS) is 1. The number of benzene rings is 3. The summed E-state index contributed by atoms with van der Waals surface area (Å²) in [5.74, 6) is -3.88. The Balaban J connectivity index is 1.99. The molecule has 1 N–H and O–H groups in total. The maximum atomic E-state index is 13.2. The number of rotatable bonds is 8. The molecule has 0 bridgehead atoms. The lowest BCUT2D eigenvalue weighted by molar-refractivity contribution is -0.142. The highest BCUT2D eigenvalue weighted by Gasteiger charge is 2.37. The van der Waals surface area contributed by atoms with E-state index in [0.717, 1.165) is 0 Å². The summed E-state index contributed by atoms with van der Waals surface area (Å²) in [6.45, 7) is 0. The first-order chi connectivity index (χ1) is 13.6. The predicted molar refractivity (Wildman–Crippen MR) is 106 cm³/mol. The number of carboxylic acids is 1. The molecule has 0 amide bonds. The van der Waals surface area contributed by atoms with E-state index in [-0.39, 0.29) is 18.0 Å². The van der Waals surface area contributed by atoms with E-state index >= 15 is 0 Å². The van der Waals surface area contributed by atoms with E-state index in [9.17, 15) is 19.5 Å². The predicted octanol–water partition coefficient (Wildman–Crippen LogP) is 4.63. The van der Waals surface area contributed by atoms with Gasteiger partial charge in [0.2, 0.25) is 0 Å². The Morgan fingerprint density at radius 2 is 1.14 bits per heavy atom. The molecule has 3 aromatic rings. The summed E-state index contributed by atoms with van der Waals surface area (Å²) in [4.78, 5) is 38.0. The van der Waals surface area contributed by atoms with Crippen LogP contribution in [0.4, 0.5) is 0 Å². The van der Waals surface area contributed by atoms with Crippen LogP contribution in [0.2, 0.25) is 0 Å². The van der Waals surface area contributed by atoms with Crippen LogP contribution in [0.15, 0.2) is 91.0 Å². The molecule has 0 fully saturated rings. The molecular formula is C24H20O4. The maximum absolute atomic E-state index is 13.2. The lowest BCUT2D eigenvalue weighted by Crippen LogP contribution is -2.30. The van der Waals surface area contributed by atoms with Crippen LogP contribution >= 0.6 is 0 Å². The highest BCUT2D eigenvalue weighted by Crippen LogP contribution is 2.32. The zero-order valence-corrected chi connectivity index (χ0v) is 15.2. The number of Topliss-reactive ketones (excluding diaryl/α,β-unsaturated/α-hetero) is 2. The van der Waals surface area contributed by atoms with Crippen molar-refractivity contribution in [2.45, 2.75) is 12.3 Å². The minimum atomic E-state index is -1.16. The molecule has 140 valence electrons. The molecule has 0 aromatic heterocycles. The highest BCUT2D eigenvalue weighted by molar-refractivity contribution is 6.05. The van der Waals surface area contributed by atoms with Gasteiger partial charge in [0.15, 0.2) is 11.6 Å². The molecule has 4 nitrogen and oxygen atoms in total. The average Bonchev–Trinajstić information content (AvgIpc) is 2.75. The van der Waals surface area contributed by atoms with E-state index in [1.54, 1.807) is 91.0 Å². The first-order valence-corrected chi connectivity index (χ1v) is 9.03. The monoisotopic (exact) mass is 372 g/mol. The van der Waals surface area contributed by atoms with Gasteiger partial charge in [-0.05, 0) is 5.56 Å². The van der Waals surface area contributed by atoms with Gasteiger partial charge >= 0.3 is 5.97 Å². The normalized spacial score (nSPS) is 12.7. The van der Waals surface area contributed by atoms with E-state index in [0.29, 0.717) is 16.7 Å². The first-order valence-electron chi connectivity index (χ1n) is 9.03. The van der Waals surface area contributed by atoms with Gasteiger partial charge in [0.1, 0.15) is 0 Å². The van der Waals surface area contributed by atoms with E-state index in [2.05, 4.69) is 0 Å². The molecule has 0 aliphatic carbocycles. The number of hydrogen-bond donors (Lipinski definition) is 1. The van der Waals surface area contributed by atoms with Crippen molar-refractivity contribution in [1.29, 1.82) is 0 Å². The fourth-order valence-corrected chi connectivity index (χ4v) is 3.30. The molecule has 0 aliphatic heterocycles. The average molecular weight is 372 g/mol. The van der Waals surface area contributed by atoms with Crippen LogP contribution in [0.25, 0.3) is 0 Å². The Kier molecular flexibility index (Phi) is 6.12. The summed E-state index contributed by atoms with van der Waals surface area (Å²) < 4.78 is 0. The van der Waals surface area contributed by atoms with Crippen LogP contribution in [-0.2, 0) is 4.79 Å². The SMILES string of the molecule is O=C(CC(C(=O)O)C(C(=O)c1ccccc1)c1ccccc1)c1ccccc1. The van der Waals surface area contributed by atoms with E-state index < -0.39 is 17.8 Å². The van der Waals surface area contributed by atoms with Gasteiger partial charge in [-0.1, -0.05) is 91.0 Å². The Morgan fingerprint density at radius 1 is 0.679 bits per heavy atom. The van der Waals surface area contributed by atoms with Gasteiger partial charge in [-0.3, -0.25) is 14.4 Å². The van der Waals surface area contributed by atoms with Crippen molar-refractivity contribution in [2.24, 2.45) is 5.92 Å². The van der Waals surface area contributed by atoms with Crippen molar-refractivity contribution in [2.75, 3.05) is 0 Å². The lowest BCUT2D eigenvalue weighted by atomic mass is 9.77. The van der Waals surface area contributed by atoms with Gasteiger partial charge in [-0.2, -0.15) is 0 Å². The third-order valence-corrected chi connectivity index (χ3v) is 4.72. The molecule has 4 heteroatoms. The molecule has 0 radical (unpaired) electrons. The van der Waals surface area contributed by atoms with Gasteiger partial charge < -0.3 is 5.11 Å². The van der Waals surface area contributed by atoms with Gasteiger partial charge in [0, 0.05) is 17.5 Å². The molecule has 0 spiro atoms. The van der Waals surface area contributed by atoms with Crippen LogP contribution < -0.4 is 0 Å². The van der Waals surface area contributed by atoms with Gasteiger partial charge in [-0.15, -0.1) is 0 Å². The van der Waals surface area contributed by atoms with Crippen molar-refractivity contribution in [1.82, 2.24) is 0 Å². The summed E-state index contributed by atoms with van der Waals surface area (Å²) in [7, 11) is 0. The minimum absolute atomic E-state index is 0.252. The second-order valence-electron chi connectivity index (χ2n) is 6.56. The zero-order chi connectivity index (χ0) is 19.9. The largest absolute Gasteiger partial charge is 0.481 e. The molecule has 3 rings (SSSR count). The van der Waals surface area contributed by atoms with Gasteiger partial charge in [-0.25, -0.2) is 0 Å². The van der Waals surface area contributed by atoms with Crippen molar-refractivity contribution >= 4 is 17.5 Å². The van der Waals surface area contributed by atoms with Crippen molar-refractivity contribution in [3.05, 3.63) is 108 Å². The Morgan fingerprint density at radius 3 is 1.64 bits per heavy atom. The second-order valence-corrected chi connectivity index (χ2v) is 6.56. The van der Waals surface area contributed by atoms with Gasteiger partial charge in [0.05, 0.1) is 11.8 Å². The number of carbonyl (C=O) groups is 3. The fourth-order valence-electron chi connectivity index (χ4n) is 3.30. The summed E-state index contributed by atoms with van der Waals surface area (Å²) in [6.07, 6.45) is -0.252. The number of ketones is 2. The van der Waals surface area contributed by atoms with E-state index in [4.69, 9.17) is 0 Å². The third-order valence-electron chi connectivity index (χ3n) is 4.72. The van der Waals surface area contributed by atoms with Gasteiger partial charge in [0.25, 0.3) is 0 Å².